The minimum Gasteiger partial charge on any atom is -0.375 e. The van der Waals surface area contributed by atoms with Gasteiger partial charge in [0.2, 0.25) is 5.91 Å². The zero-order valence-electron chi connectivity index (χ0n) is 7.88. The van der Waals surface area contributed by atoms with Crippen molar-refractivity contribution in [3.05, 3.63) is 22.9 Å². The van der Waals surface area contributed by atoms with Gasteiger partial charge in [-0.25, -0.2) is 0 Å². The van der Waals surface area contributed by atoms with Crippen molar-refractivity contribution in [1.29, 1.82) is 0 Å². The molecule has 0 aliphatic heterocycles. The fourth-order valence-electron chi connectivity index (χ4n) is 0.951. The monoisotopic (exact) mass is 257 g/mol. The molecule has 1 aromatic rings. The highest BCUT2D eigenvalue weighted by Gasteiger charge is 1.99. The number of halogens is 1. The molecular weight excluding hydrogens is 246 g/mol. The van der Waals surface area contributed by atoms with Gasteiger partial charge in [0.05, 0.1) is 18.4 Å². The maximum Gasteiger partial charge on any atom is 0.239 e. The Labute approximate surface area is 91.2 Å². The molecule has 0 radical (unpaired) electrons. The minimum absolute atomic E-state index is 0.0209. The fourth-order valence-corrected chi connectivity index (χ4v) is 1.32. The smallest absolute Gasteiger partial charge is 0.239 e. The molecule has 14 heavy (non-hydrogen) atoms. The van der Waals surface area contributed by atoms with Crippen molar-refractivity contribution in [1.82, 2.24) is 10.3 Å². The molecule has 0 saturated carbocycles. The largest absolute Gasteiger partial charge is 0.375 e. The molecule has 0 spiro atoms. The lowest BCUT2D eigenvalue weighted by Crippen LogP contribution is -2.29. The van der Waals surface area contributed by atoms with Crippen LogP contribution < -0.4 is 10.6 Å². The molecule has 1 amide bonds. The summed E-state index contributed by atoms with van der Waals surface area (Å²) in [5, 5.41) is 5.66. The third kappa shape index (κ3) is 3.74. The molecule has 1 rings (SSSR count). The second-order valence-corrected chi connectivity index (χ2v) is 3.61. The summed E-state index contributed by atoms with van der Waals surface area (Å²) in [6.45, 7) is 2.81. The van der Waals surface area contributed by atoms with Crippen LogP contribution in [0.15, 0.2) is 22.9 Å². The van der Waals surface area contributed by atoms with Crippen molar-refractivity contribution in [3.63, 3.8) is 0 Å². The van der Waals surface area contributed by atoms with Gasteiger partial charge in [0, 0.05) is 17.2 Å². The molecule has 0 saturated heterocycles. The Morgan fingerprint density at radius 3 is 3.00 bits per heavy atom. The van der Waals surface area contributed by atoms with Gasteiger partial charge in [-0.1, -0.05) is 0 Å². The zero-order chi connectivity index (χ0) is 10.4. The lowest BCUT2D eigenvalue weighted by molar-refractivity contribution is -0.119. The van der Waals surface area contributed by atoms with E-state index in [-0.39, 0.29) is 12.5 Å². The van der Waals surface area contributed by atoms with Gasteiger partial charge in [-0.05, 0) is 28.9 Å². The first-order valence-corrected chi connectivity index (χ1v) is 5.12. The second kappa shape index (κ2) is 5.59. The molecule has 2 N–H and O–H groups in total. The Kier molecular flexibility index (Phi) is 4.39. The molecule has 5 heteroatoms. The second-order valence-electron chi connectivity index (χ2n) is 2.70. The van der Waals surface area contributed by atoms with Crippen molar-refractivity contribution in [2.45, 2.75) is 6.92 Å². The summed E-state index contributed by atoms with van der Waals surface area (Å²) >= 11 is 3.30. The molecule has 1 heterocycles. The normalized spacial score (nSPS) is 9.57. The highest BCUT2D eigenvalue weighted by Crippen LogP contribution is 2.12. The number of aromatic nitrogens is 1. The molecule has 0 unspecified atom stereocenters. The SMILES string of the molecule is CCNC(=O)CNc1cncc(Br)c1. The van der Waals surface area contributed by atoms with Crippen molar-refractivity contribution in [3.8, 4) is 0 Å². The van der Waals surface area contributed by atoms with Crippen LogP contribution in [0.1, 0.15) is 6.92 Å². The van der Waals surface area contributed by atoms with Gasteiger partial charge in [-0.15, -0.1) is 0 Å². The highest BCUT2D eigenvalue weighted by molar-refractivity contribution is 9.10. The summed E-state index contributed by atoms with van der Waals surface area (Å²) in [4.78, 5) is 15.1. The van der Waals surface area contributed by atoms with Crippen LogP contribution >= 0.6 is 15.9 Å². The van der Waals surface area contributed by atoms with E-state index in [2.05, 4.69) is 31.5 Å². The third-order valence-electron chi connectivity index (χ3n) is 1.53. The van der Waals surface area contributed by atoms with Crippen LogP contribution in [0.5, 0.6) is 0 Å². The van der Waals surface area contributed by atoms with Crippen LogP contribution in [0.25, 0.3) is 0 Å². The lowest BCUT2D eigenvalue weighted by atomic mass is 10.4. The number of amides is 1. The summed E-state index contributed by atoms with van der Waals surface area (Å²) in [5.74, 6) is -0.0209. The molecule has 0 aliphatic carbocycles. The van der Waals surface area contributed by atoms with E-state index in [0.29, 0.717) is 6.54 Å². The van der Waals surface area contributed by atoms with E-state index in [0.717, 1.165) is 10.2 Å². The van der Waals surface area contributed by atoms with Gasteiger partial charge in [0.15, 0.2) is 0 Å². The van der Waals surface area contributed by atoms with Gasteiger partial charge < -0.3 is 10.6 Å². The maximum atomic E-state index is 11.1. The number of carbonyl (C=O) groups is 1. The van der Waals surface area contributed by atoms with Crippen molar-refractivity contribution < 1.29 is 4.79 Å². The Balaban J connectivity index is 2.41. The van der Waals surface area contributed by atoms with Crippen LogP contribution in [0.3, 0.4) is 0 Å². The lowest BCUT2D eigenvalue weighted by Gasteiger charge is -2.05. The summed E-state index contributed by atoms with van der Waals surface area (Å²) in [7, 11) is 0. The standard InChI is InChI=1S/C9H12BrN3O/c1-2-12-9(14)6-13-8-3-7(10)4-11-5-8/h3-5,13H,2,6H2,1H3,(H,12,14). The first-order chi connectivity index (χ1) is 6.72. The zero-order valence-corrected chi connectivity index (χ0v) is 9.47. The van der Waals surface area contributed by atoms with Crippen LogP contribution in [-0.4, -0.2) is 24.0 Å². The van der Waals surface area contributed by atoms with E-state index < -0.39 is 0 Å². The first-order valence-electron chi connectivity index (χ1n) is 4.33. The van der Waals surface area contributed by atoms with E-state index in [4.69, 9.17) is 0 Å². The number of hydrogen-bond donors (Lipinski definition) is 2. The molecule has 1 aromatic heterocycles. The number of carbonyl (C=O) groups excluding carboxylic acids is 1. The van der Waals surface area contributed by atoms with Gasteiger partial charge in [-0.2, -0.15) is 0 Å². The van der Waals surface area contributed by atoms with Crippen LogP contribution in [0, 0.1) is 0 Å². The molecule has 0 fully saturated rings. The summed E-state index contributed by atoms with van der Waals surface area (Å²) in [6, 6.07) is 1.87. The Morgan fingerprint density at radius 2 is 2.36 bits per heavy atom. The molecule has 0 aromatic carbocycles. The van der Waals surface area contributed by atoms with Gasteiger partial charge >= 0.3 is 0 Å². The average molecular weight is 258 g/mol. The molecule has 4 nitrogen and oxygen atoms in total. The fraction of sp³-hybridized carbons (Fsp3) is 0.333. The van der Waals surface area contributed by atoms with Crippen molar-refractivity contribution >= 4 is 27.5 Å². The van der Waals surface area contributed by atoms with E-state index in [1.54, 1.807) is 12.4 Å². The number of hydrogen-bond acceptors (Lipinski definition) is 3. The van der Waals surface area contributed by atoms with E-state index in [9.17, 15) is 4.79 Å². The average Bonchev–Trinajstić information content (AvgIpc) is 2.15. The molecular formula is C9H12BrN3O. The number of nitrogens with one attached hydrogen (secondary N) is 2. The topological polar surface area (TPSA) is 54.0 Å². The quantitative estimate of drug-likeness (QED) is 0.858. The number of rotatable bonds is 4. The summed E-state index contributed by atoms with van der Waals surface area (Å²) in [6.07, 6.45) is 3.36. The number of anilines is 1. The predicted molar refractivity (Wildman–Crippen MR) is 59.1 cm³/mol. The Bertz CT molecular complexity index is 317. The van der Waals surface area contributed by atoms with Gasteiger partial charge in [0.25, 0.3) is 0 Å². The third-order valence-corrected chi connectivity index (χ3v) is 1.97. The number of likely N-dealkylation sites (N-methyl/N-ethyl adjacent to an activating group) is 1. The van der Waals surface area contributed by atoms with Crippen LogP contribution in [-0.2, 0) is 4.79 Å². The predicted octanol–water partition coefficient (Wildman–Crippen LogP) is 1.39. The van der Waals surface area contributed by atoms with Crippen molar-refractivity contribution in [2.75, 3.05) is 18.4 Å². The summed E-state index contributed by atoms with van der Waals surface area (Å²) < 4.78 is 0.887. The maximum absolute atomic E-state index is 11.1. The Hall–Kier alpha value is -1.10. The van der Waals surface area contributed by atoms with E-state index in [1.165, 1.54) is 0 Å². The molecule has 0 atom stereocenters. The van der Waals surface area contributed by atoms with Gasteiger partial charge in [-0.3, -0.25) is 9.78 Å². The highest BCUT2D eigenvalue weighted by atomic mass is 79.9. The first kappa shape index (κ1) is 11.0. The van der Waals surface area contributed by atoms with E-state index >= 15 is 0 Å². The van der Waals surface area contributed by atoms with Gasteiger partial charge in [0.1, 0.15) is 0 Å². The molecule has 76 valence electrons. The number of nitrogens with zero attached hydrogens (tertiary/aromatic N) is 1. The summed E-state index contributed by atoms with van der Waals surface area (Å²) in [5.41, 5.74) is 0.825. The van der Waals surface area contributed by atoms with Crippen molar-refractivity contribution in [2.24, 2.45) is 0 Å². The Morgan fingerprint density at radius 1 is 1.57 bits per heavy atom. The van der Waals surface area contributed by atoms with Crippen LogP contribution in [0.2, 0.25) is 0 Å². The molecule has 0 bridgehead atoms. The molecule has 0 aliphatic rings. The minimum atomic E-state index is -0.0209. The number of pyridine rings is 1. The van der Waals surface area contributed by atoms with E-state index in [1.807, 2.05) is 13.0 Å². The van der Waals surface area contributed by atoms with Crippen LogP contribution in [0.4, 0.5) is 5.69 Å².